The van der Waals surface area contributed by atoms with Gasteiger partial charge in [-0.2, -0.15) is 0 Å². The number of halogens is 2. The Morgan fingerprint density at radius 1 is 1.39 bits per heavy atom. The smallest absolute Gasteiger partial charge is 0.127 e. The van der Waals surface area contributed by atoms with E-state index in [1.807, 2.05) is 19.1 Å². The first-order valence-electron chi connectivity index (χ1n) is 6.37. The van der Waals surface area contributed by atoms with E-state index in [2.05, 4.69) is 22.5 Å². The fourth-order valence-electron chi connectivity index (χ4n) is 2.83. The zero-order valence-electron chi connectivity index (χ0n) is 10.5. The predicted octanol–water partition coefficient (Wildman–Crippen LogP) is 4.96. The molecule has 2 aromatic rings. The van der Waals surface area contributed by atoms with Gasteiger partial charge >= 0.3 is 0 Å². The van der Waals surface area contributed by atoms with Gasteiger partial charge in [0.1, 0.15) is 5.82 Å². The van der Waals surface area contributed by atoms with Crippen molar-refractivity contribution >= 4 is 34.2 Å². The number of benzene rings is 1. The molecule has 0 amide bonds. The van der Waals surface area contributed by atoms with Gasteiger partial charge in [-0.25, -0.2) is 4.98 Å². The molecule has 1 atom stereocenters. The van der Waals surface area contributed by atoms with Crippen LogP contribution in [-0.2, 0) is 0 Å². The van der Waals surface area contributed by atoms with Gasteiger partial charge in [0, 0.05) is 11.1 Å². The Labute approximate surface area is 117 Å². The quantitative estimate of drug-likeness (QED) is 0.712. The van der Waals surface area contributed by atoms with Crippen LogP contribution in [0.4, 0.5) is 0 Å². The van der Waals surface area contributed by atoms with Crippen LogP contribution < -0.4 is 0 Å². The van der Waals surface area contributed by atoms with Crippen LogP contribution in [0.25, 0.3) is 11.0 Å². The number of rotatable bonds is 2. The lowest BCUT2D eigenvalue weighted by Crippen LogP contribution is -2.26. The number of alkyl halides is 1. The molecule has 1 heterocycles. The van der Waals surface area contributed by atoms with E-state index in [9.17, 15) is 0 Å². The lowest BCUT2D eigenvalue weighted by atomic mass is 9.81. The molecule has 18 heavy (non-hydrogen) atoms. The summed E-state index contributed by atoms with van der Waals surface area (Å²) in [6.45, 7) is 4.26. The SMILES string of the molecule is CC1CC(n2c(C(C)Cl)nc3cc(Cl)ccc32)C1. The highest BCUT2D eigenvalue weighted by Crippen LogP contribution is 2.41. The van der Waals surface area contributed by atoms with E-state index in [0.29, 0.717) is 6.04 Å². The summed E-state index contributed by atoms with van der Waals surface area (Å²) >= 11 is 12.3. The van der Waals surface area contributed by atoms with Crippen molar-refractivity contribution in [3.63, 3.8) is 0 Å². The monoisotopic (exact) mass is 282 g/mol. The number of fused-ring (bicyclic) bond motifs is 1. The van der Waals surface area contributed by atoms with Gasteiger partial charge in [0.2, 0.25) is 0 Å². The van der Waals surface area contributed by atoms with E-state index in [1.165, 1.54) is 12.8 Å². The van der Waals surface area contributed by atoms with Crippen LogP contribution in [0.2, 0.25) is 5.02 Å². The molecule has 0 saturated heterocycles. The Bertz CT molecular complexity index is 583. The minimum Gasteiger partial charge on any atom is -0.324 e. The summed E-state index contributed by atoms with van der Waals surface area (Å²) < 4.78 is 2.31. The molecule has 3 rings (SSSR count). The van der Waals surface area contributed by atoms with Gasteiger partial charge in [0.15, 0.2) is 0 Å². The molecule has 0 radical (unpaired) electrons. The molecular formula is C14H16Cl2N2. The van der Waals surface area contributed by atoms with Crippen LogP contribution in [-0.4, -0.2) is 9.55 Å². The minimum absolute atomic E-state index is 0.0768. The highest BCUT2D eigenvalue weighted by Gasteiger charge is 2.30. The summed E-state index contributed by atoms with van der Waals surface area (Å²) in [4.78, 5) is 4.65. The predicted molar refractivity (Wildman–Crippen MR) is 76.4 cm³/mol. The lowest BCUT2D eigenvalue weighted by Gasteiger charge is -2.35. The molecular weight excluding hydrogens is 267 g/mol. The fourth-order valence-corrected chi connectivity index (χ4v) is 3.15. The van der Waals surface area contributed by atoms with Gasteiger partial charge in [-0.1, -0.05) is 18.5 Å². The van der Waals surface area contributed by atoms with Crippen molar-refractivity contribution in [1.82, 2.24) is 9.55 Å². The zero-order chi connectivity index (χ0) is 12.9. The van der Waals surface area contributed by atoms with Gasteiger partial charge in [-0.15, -0.1) is 11.6 Å². The summed E-state index contributed by atoms with van der Waals surface area (Å²) in [6.07, 6.45) is 2.43. The van der Waals surface area contributed by atoms with Crippen LogP contribution in [0.3, 0.4) is 0 Å². The molecule has 96 valence electrons. The Hall–Kier alpha value is -0.730. The Kier molecular flexibility index (Phi) is 3.03. The van der Waals surface area contributed by atoms with Crippen molar-refractivity contribution < 1.29 is 0 Å². The summed E-state index contributed by atoms with van der Waals surface area (Å²) in [5.74, 6) is 1.77. The molecule has 1 aliphatic rings. The van der Waals surface area contributed by atoms with Crippen LogP contribution in [0.1, 0.15) is 43.9 Å². The van der Waals surface area contributed by atoms with Gasteiger partial charge in [-0.05, 0) is 43.9 Å². The number of aromatic nitrogens is 2. The second-order valence-electron chi connectivity index (χ2n) is 5.32. The van der Waals surface area contributed by atoms with Crippen LogP contribution >= 0.6 is 23.2 Å². The van der Waals surface area contributed by atoms with Crippen molar-refractivity contribution in [3.05, 3.63) is 29.0 Å². The molecule has 1 fully saturated rings. The van der Waals surface area contributed by atoms with Gasteiger partial charge in [0.25, 0.3) is 0 Å². The first-order chi connectivity index (χ1) is 8.56. The van der Waals surface area contributed by atoms with Crippen molar-refractivity contribution in [2.75, 3.05) is 0 Å². The summed E-state index contributed by atoms with van der Waals surface area (Å²) in [5.41, 5.74) is 2.10. The summed E-state index contributed by atoms with van der Waals surface area (Å²) in [7, 11) is 0. The van der Waals surface area contributed by atoms with Crippen molar-refractivity contribution in [2.24, 2.45) is 5.92 Å². The Balaban J connectivity index is 2.16. The van der Waals surface area contributed by atoms with Crippen LogP contribution in [0.5, 0.6) is 0 Å². The van der Waals surface area contributed by atoms with Crippen molar-refractivity contribution in [3.8, 4) is 0 Å². The van der Waals surface area contributed by atoms with E-state index in [1.54, 1.807) is 0 Å². The van der Waals surface area contributed by atoms with Gasteiger partial charge in [-0.3, -0.25) is 0 Å². The first kappa shape index (κ1) is 12.3. The summed E-state index contributed by atoms with van der Waals surface area (Å²) in [6, 6.07) is 6.43. The third-order valence-corrected chi connectivity index (χ3v) is 4.18. The number of hydrogen-bond donors (Lipinski definition) is 0. The number of nitrogens with zero attached hydrogens (tertiary/aromatic N) is 2. The molecule has 4 heteroatoms. The second kappa shape index (κ2) is 4.43. The molecule has 0 aliphatic heterocycles. The maximum absolute atomic E-state index is 6.26. The van der Waals surface area contributed by atoms with Crippen LogP contribution in [0, 0.1) is 5.92 Å². The zero-order valence-corrected chi connectivity index (χ0v) is 12.0. The highest BCUT2D eigenvalue weighted by molar-refractivity contribution is 6.31. The van der Waals surface area contributed by atoms with Crippen molar-refractivity contribution in [2.45, 2.75) is 38.1 Å². The van der Waals surface area contributed by atoms with E-state index in [4.69, 9.17) is 23.2 Å². The topological polar surface area (TPSA) is 17.8 Å². The normalized spacial score (nSPS) is 25.1. The Morgan fingerprint density at radius 2 is 2.11 bits per heavy atom. The average molecular weight is 283 g/mol. The van der Waals surface area contributed by atoms with E-state index >= 15 is 0 Å². The average Bonchev–Trinajstić information content (AvgIpc) is 2.63. The fraction of sp³-hybridized carbons (Fsp3) is 0.500. The van der Waals surface area contributed by atoms with E-state index < -0.39 is 0 Å². The van der Waals surface area contributed by atoms with Gasteiger partial charge in [0.05, 0.1) is 16.4 Å². The van der Waals surface area contributed by atoms with Gasteiger partial charge < -0.3 is 4.57 Å². The maximum atomic E-state index is 6.26. The van der Waals surface area contributed by atoms with Crippen molar-refractivity contribution in [1.29, 1.82) is 0 Å². The highest BCUT2D eigenvalue weighted by atomic mass is 35.5. The largest absolute Gasteiger partial charge is 0.324 e. The molecule has 1 aromatic heterocycles. The molecule has 0 spiro atoms. The number of hydrogen-bond acceptors (Lipinski definition) is 1. The summed E-state index contributed by atoms with van der Waals surface area (Å²) in [5, 5.41) is 0.648. The minimum atomic E-state index is -0.0768. The molecule has 0 N–H and O–H groups in total. The molecule has 1 aromatic carbocycles. The third kappa shape index (κ3) is 1.92. The first-order valence-corrected chi connectivity index (χ1v) is 7.19. The standard InChI is InChI=1S/C14H16Cl2N2/c1-8-5-11(6-8)18-13-4-3-10(16)7-12(13)17-14(18)9(2)15/h3-4,7-9,11H,5-6H2,1-2H3. The molecule has 1 unspecified atom stereocenters. The second-order valence-corrected chi connectivity index (χ2v) is 6.41. The van der Waals surface area contributed by atoms with E-state index in [0.717, 1.165) is 27.8 Å². The number of imidazole rings is 1. The lowest BCUT2D eigenvalue weighted by molar-refractivity contribution is 0.216. The van der Waals surface area contributed by atoms with Crippen LogP contribution in [0.15, 0.2) is 18.2 Å². The molecule has 2 nitrogen and oxygen atoms in total. The molecule has 1 saturated carbocycles. The maximum Gasteiger partial charge on any atom is 0.127 e. The Morgan fingerprint density at radius 3 is 2.72 bits per heavy atom. The van der Waals surface area contributed by atoms with E-state index in [-0.39, 0.29) is 5.38 Å². The molecule has 1 aliphatic carbocycles. The third-order valence-electron chi connectivity index (χ3n) is 3.75. The molecule has 0 bridgehead atoms.